The van der Waals surface area contributed by atoms with E-state index < -0.39 is 17.7 Å². The number of hydrogen-bond acceptors (Lipinski definition) is 4. The first-order chi connectivity index (χ1) is 8.74. The molecule has 0 amide bonds. The van der Waals surface area contributed by atoms with Crippen LogP contribution in [0.1, 0.15) is 33.2 Å². The van der Waals surface area contributed by atoms with Crippen LogP contribution in [0.3, 0.4) is 0 Å². The lowest BCUT2D eigenvalue weighted by molar-refractivity contribution is -0.253. The number of benzene rings is 1. The van der Waals surface area contributed by atoms with Gasteiger partial charge in [0.15, 0.2) is 6.29 Å². The Morgan fingerprint density at radius 1 is 1.37 bits per heavy atom. The molecule has 7 heteroatoms. The van der Waals surface area contributed by atoms with Crippen LogP contribution in [0.25, 0.3) is 0 Å². The molecule has 0 aromatic heterocycles. The molecule has 1 heterocycles. The molecule has 0 fully saturated rings. The van der Waals surface area contributed by atoms with Crippen molar-refractivity contribution in [3.63, 3.8) is 0 Å². The second kappa shape index (κ2) is 3.97. The molecule has 0 radical (unpaired) electrons. The summed E-state index contributed by atoms with van der Waals surface area (Å²) in [6.07, 6.45) is -4.42. The quantitative estimate of drug-likeness (QED) is 0.614. The van der Waals surface area contributed by atoms with Gasteiger partial charge in [-0.05, 0) is 19.1 Å². The Hall–Kier alpha value is -2.05. The van der Waals surface area contributed by atoms with Crippen molar-refractivity contribution in [2.45, 2.75) is 18.7 Å². The van der Waals surface area contributed by atoms with Crippen molar-refractivity contribution in [1.82, 2.24) is 0 Å². The fourth-order valence-electron chi connectivity index (χ4n) is 1.93. The fraction of sp³-hybridized carbons (Fsp3) is 0.333. The highest BCUT2D eigenvalue weighted by Crippen LogP contribution is 2.48. The third kappa shape index (κ3) is 1.76. The summed E-state index contributed by atoms with van der Waals surface area (Å²) >= 11 is 0. The maximum absolute atomic E-state index is 13.0. The summed E-state index contributed by atoms with van der Waals surface area (Å²) < 4.78 is 48.3. The van der Waals surface area contributed by atoms with E-state index in [2.05, 4.69) is 4.74 Å². The molecule has 0 spiro atoms. The maximum Gasteiger partial charge on any atom is 0.432 e. The molecule has 0 aliphatic carbocycles. The molecule has 1 aromatic rings. The second-order valence-corrected chi connectivity index (χ2v) is 4.18. The van der Waals surface area contributed by atoms with Crippen LogP contribution in [0.15, 0.2) is 12.1 Å². The topological polar surface area (TPSA) is 52.6 Å². The minimum atomic E-state index is -4.78. The monoisotopic (exact) mass is 274 g/mol. The molecular formula is C12H9F3O4. The van der Waals surface area contributed by atoms with Crippen LogP contribution in [-0.4, -0.2) is 25.5 Å². The van der Waals surface area contributed by atoms with Gasteiger partial charge in [-0.25, -0.2) is 4.79 Å². The highest BCUT2D eigenvalue weighted by atomic mass is 19.4. The number of ether oxygens (including phenoxy) is 2. The molecule has 1 aliphatic rings. The Kier molecular flexibility index (Phi) is 2.80. The number of cyclic esters (lactones) is 1. The van der Waals surface area contributed by atoms with Crippen LogP contribution in [0, 0.1) is 0 Å². The summed E-state index contributed by atoms with van der Waals surface area (Å²) in [4.78, 5) is 22.4. The van der Waals surface area contributed by atoms with E-state index in [0.717, 1.165) is 19.1 Å². The van der Waals surface area contributed by atoms with E-state index in [4.69, 9.17) is 4.74 Å². The first-order valence-corrected chi connectivity index (χ1v) is 5.22. The molecule has 19 heavy (non-hydrogen) atoms. The summed E-state index contributed by atoms with van der Waals surface area (Å²) in [6, 6.07) is 2.05. The first-order valence-electron chi connectivity index (χ1n) is 5.22. The van der Waals surface area contributed by atoms with E-state index in [1.54, 1.807) is 0 Å². The van der Waals surface area contributed by atoms with Crippen molar-refractivity contribution < 1.29 is 32.2 Å². The Morgan fingerprint density at radius 3 is 2.47 bits per heavy atom. The van der Waals surface area contributed by atoms with E-state index in [9.17, 15) is 22.8 Å². The highest BCUT2D eigenvalue weighted by molar-refractivity contribution is 5.97. The number of carbonyl (C=O) groups is 2. The van der Waals surface area contributed by atoms with Gasteiger partial charge < -0.3 is 9.47 Å². The third-order valence-corrected chi connectivity index (χ3v) is 3.07. The number of rotatable bonds is 2. The molecule has 0 saturated heterocycles. The van der Waals surface area contributed by atoms with Gasteiger partial charge in [0.25, 0.3) is 0 Å². The van der Waals surface area contributed by atoms with Crippen molar-refractivity contribution in [2.75, 3.05) is 7.11 Å². The van der Waals surface area contributed by atoms with Crippen molar-refractivity contribution in [1.29, 1.82) is 0 Å². The standard InChI is InChI=1S/C12H9F3O4/c1-11(12(13,14)15)8-3-6(5-16)9(18-2)4-7(8)10(17)19-11/h3-5H,1-2H3. The summed E-state index contributed by atoms with van der Waals surface area (Å²) in [5.74, 6) is -1.07. The zero-order valence-electron chi connectivity index (χ0n) is 10.00. The number of methoxy groups -OCH3 is 1. The van der Waals surface area contributed by atoms with Gasteiger partial charge in [0.05, 0.1) is 18.2 Å². The molecule has 0 bridgehead atoms. The summed E-state index contributed by atoms with van der Waals surface area (Å²) in [5, 5.41) is 0. The summed E-state index contributed by atoms with van der Waals surface area (Å²) in [5.41, 5.74) is -3.45. The van der Waals surface area contributed by atoms with E-state index in [0.29, 0.717) is 6.29 Å². The van der Waals surface area contributed by atoms with E-state index in [1.807, 2.05) is 0 Å². The summed E-state index contributed by atoms with van der Waals surface area (Å²) in [6.45, 7) is 0.748. The second-order valence-electron chi connectivity index (χ2n) is 4.18. The van der Waals surface area contributed by atoms with Crippen molar-refractivity contribution in [2.24, 2.45) is 0 Å². The molecule has 1 aromatic carbocycles. The number of esters is 1. The van der Waals surface area contributed by atoms with Gasteiger partial charge in [-0.15, -0.1) is 0 Å². The predicted molar refractivity (Wildman–Crippen MR) is 57.2 cm³/mol. The van der Waals surface area contributed by atoms with Crippen LogP contribution in [0.5, 0.6) is 5.75 Å². The number of alkyl halides is 3. The molecular weight excluding hydrogens is 265 g/mol. The lowest BCUT2D eigenvalue weighted by Gasteiger charge is -2.26. The number of fused-ring (bicyclic) bond motifs is 1. The molecule has 0 N–H and O–H groups in total. The van der Waals surface area contributed by atoms with E-state index in [-0.39, 0.29) is 22.4 Å². The van der Waals surface area contributed by atoms with Crippen LogP contribution in [-0.2, 0) is 10.3 Å². The molecule has 0 saturated carbocycles. The lowest BCUT2D eigenvalue weighted by Crippen LogP contribution is -2.39. The Balaban J connectivity index is 2.72. The predicted octanol–water partition coefficient (Wildman–Crippen LogP) is 2.46. The van der Waals surface area contributed by atoms with Gasteiger partial charge in [0.1, 0.15) is 5.75 Å². The van der Waals surface area contributed by atoms with E-state index >= 15 is 0 Å². The maximum atomic E-state index is 13.0. The fourth-order valence-corrected chi connectivity index (χ4v) is 1.93. The largest absolute Gasteiger partial charge is 0.496 e. The zero-order chi connectivity index (χ0) is 14.4. The SMILES string of the molecule is COc1cc2c(cc1C=O)C(C)(C(F)(F)F)OC2=O. The number of halogens is 3. The average Bonchev–Trinajstić information content (AvgIpc) is 2.60. The van der Waals surface area contributed by atoms with Crippen LogP contribution < -0.4 is 4.74 Å². The minimum Gasteiger partial charge on any atom is -0.496 e. The van der Waals surface area contributed by atoms with Gasteiger partial charge in [-0.2, -0.15) is 13.2 Å². The summed E-state index contributed by atoms with van der Waals surface area (Å²) in [7, 11) is 1.25. The number of carbonyl (C=O) groups excluding carboxylic acids is 2. The Labute approximate surface area is 106 Å². The van der Waals surface area contributed by atoms with Gasteiger partial charge in [0, 0.05) is 5.56 Å². The van der Waals surface area contributed by atoms with Crippen molar-refractivity contribution in [3.05, 3.63) is 28.8 Å². The molecule has 2 rings (SSSR count). The van der Waals surface area contributed by atoms with Crippen LogP contribution >= 0.6 is 0 Å². The minimum absolute atomic E-state index is 0.0251. The van der Waals surface area contributed by atoms with Gasteiger partial charge >= 0.3 is 12.1 Å². The smallest absolute Gasteiger partial charge is 0.432 e. The Morgan fingerprint density at radius 2 is 2.00 bits per heavy atom. The van der Waals surface area contributed by atoms with Crippen molar-refractivity contribution >= 4 is 12.3 Å². The normalized spacial score (nSPS) is 21.8. The number of aldehydes is 1. The molecule has 102 valence electrons. The Bertz CT molecular complexity index is 565. The molecule has 1 unspecified atom stereocenters. The molecule has 4 nitrogen and oxygen atoms in total. The van der Waals surface area contributed by atoms with Gasteiger partial charge in [-0.1, -0.05) is 0 Å². The molecule has 1 aliphatic heterocycles. The van der Waals surface area contributed by atoms with Gasteiger partial charge in [0.2, 0.25) is 5.60 Å². The van der Waals surface area contributed by atoms with Crippen LogP contribution in [0.2, 0.25) is 0 Å². The van der Waals surface area contributed by atoms with Crippen molar-refractivity contribution in [3.8, 4) is 5.75 Å². The third-order valence-electron chi connectivity index (χ3n) is 3.07. The van der Waals surface area contributed by atoms with Gasteiger partial charge in [-0.3, -0.25) is 4.79 Å². The average molecular weight is 274 g/mol. The first kappa shape index (κ1) is 13.4. The molecule has 1 atom stereocenters. The number of hydrogen-bond donors (Lipinski definition) is 0. The lowest BCUT2D eigenvalue weighted by atomic mass is 9.91. The van der Waals surface area contributed by atoms with Crippen LogP contribution in [0.4, 0.5) is 13.2 Å². The highest BCUT2D eigenvalue weighted by Gasteiger charge is 2.60. The van der Waals surface area contributed by atoms with E-state index in [1.165, 1.54) is 7.11 Å². The zero-order valence-corrected chi connectivity index (χ0v) is 10.00.